The van der Waals surface area contributed by atoms with E-state index in [1.54, 1.807) is 0 Å². The first kappa shape index (κ1) is 24.4. The van der Waals surface area contributed by atoms with Crippen LogP contribution < -0.4 is 4.57 Å². The van der Waals surface area contributed by atoms with E-state index in [4.69, 9.17) is 0 Å². The van der Waals surface area contributed by atoms with Gasteiger partial charge in [-0.1, -0.05) is 121 Å². The SMILES string of the molecule is Cc1ccccc1-n1c(C)c2[n+](c1-c1c(C)cccc1C)C(c1ccccc1)(c1ccccc1)c1ccccc1-2. The first-order valence-corrected chi connectivity index (χ1v) is 14.1. The molecule has 0 saturated heterocycles. The highest BCUT2D eigenvalue weighted by Crippen LogP contribution is 2.50. The molecule has 6 aromatic rings. The van der Waals surface area contributed by atoms with E-state index in [-0.39, 0.29) is 0 Å². The Kier molecular flexibility index (Phi) is 5.61. The normalized spacial score (nSPS) is 13.2. The Morgan fingerprint density at radius 1 is 0.525 bits per heavy atom. The van der Waals surface area contributed by atoms with Gasteiger partial charge in [-0.2, -0.15) is 4.57 Å². The smallest absolute Gasteiger partial charge is 0.204 e. The molecule has 2 heteroatoms. The van der Waals surface area contributed by atoms with E-state index >= 15 is 0 Å². The summed E-state index contributed by atoms with van der Waals surface area (Å²) in [4.78, 5) is 0. The van der Waals surface area contributed by atoms with Crippen molar-refractivity contribution in [2.75, 3.05) is 0 Å². The van der Waals surface area contributed by atoms with Crippen LogP contribution in [-0.4, -0.2) is 4.57 Å². The summed E-state index contributed by atoms with van der Waals surface area (Å²) in [5.41, 5.74) is 13.4. The predicted molar refractivity (Wildman–Crippen MR) is 164 cm³/mol. The topological polar surface area (TPSA) is 8.81 Å². The largest absolute Gasteiger partial charge is 0.296 e. The van der Waals surface area contributed by atoms with E-state index in [2.05, 4.69) is 164 Å². The molecule has 0 atom stereocenters. The van der Waals surface area contributed by atoms with E-state index in [1.807, 2.05) is 0 Å². The lowest BCUT2D eigenvalue weighted by Gasteiger charge is -2.31. The Morgan fingerprint density at radius 2 is 1.05 bits per heavy atom. The molecule has 2 heterocycles. The minimum atomic E-state index is -0.544. The zero-order chi connectivity index (χ0) is 27.4. The molecule has 0 amide bonds. The quantitative estimate of drug-likeness (QED) is 0.207. The van der Waals surface area contributed by atoms with Crippen LogP contribution in [0.4, 0.5) is 0 Å². The molecule has 0 aliphatic carbocycles. The van der Waals surface area contributed by atoms with E-state index in [1.165, 1.54) is 67.4 Å². The number of aryl methyl sites for hydroxylation is 3. The van der Waals surface area contributed by atoms with Gasteiger partial charge in [0.05, 0.1) is 5.56 Å². The average Bonchev–Trinajstić information content (AvgIpc) is 3.45. The Hall–Kier alpha value is -4.69. The molecule has 1 aliphatic heterocycles. The van der Waals surface area contributed by atoms with E-state index in [9.17, 15) is 0 Å². The average molecular weight is 518 g/mol. The third-order valence-corrected chi connectivity index (χ3v) is 8.68. The molecule has 0 spiro atoms. The number of benzene rings is 5. The zero-order valence-corrected chi connectivity index (χ0v) is 23.5. The molecule has 0 bridgehead atoms. The van der Waals surface area contributed by atoms with Crippen LogP contribution in [0.15, 0.2) is 127 Å². The highest BCUT2D eigenvalue weighted by molar-refractivity contribution is 5.77. The Labute approximate surface area is 236 Å². The molecule has 0 N–H and O–H groups in total. The van der Waals surface area contributed by atoms with Gasteiger partial charge in [0.2, 0.25) is 0 Å². The van der Waals surface area contributed by atoms with E-state index in [0.717, 1.165) is 0 Å². The van der Waals surface area contributed by atoms with E-state index in [0.29, 0.717) is 0 Å². The van der Waals surface area contributed by atoms with Crippen LogP contribution in [0, 0.1) is 27.7 Å². The molecular weight excluding hydrogens is 484 g/mol. The van der Waals surface area contributed by atoms with Crippen LogP contribution in [0.1, 0.15) is 39.1 Å². The van der Waals surface area contributed by atoms with Gasteiger partial charge in [0.1, 0.15) is 5.69 Å². The van der Waals surface area contributed by atoms with Crippen molar-refractivity contribution in [1.29, 1.82) is 0 Å². The molecule has 0 unspecified atom stereocenters. The molecule has 0 radical (unpaired) electrons. The minimum Gasteiger partial charge on any atom is -0.204 e. The van der Waals surface area contributed by atoms with Gasteiger partial charge in [-0.15, -0.1) is 0 Å². The van der Waals surface area contributed by atoms with Gasteiger partial charge in [-0.3, -0.25) is 0 Å². The first-order valence-electron chi connectivity index (χ1n) is 14.1. The molecule has 0 fully saturated rings. The van der Waals surface area contributed by atoms with Crippen LogP contribution in [0.5, 0.6) is 0 Å². The van der Waals surface area contributed by atoms with Crippen LogP contribution in [-0.2, 0) is 5.54 Å². The number of para-hydroxylation sites is 1. The number of hydrogen-bond acceptors (Lipinski definition) is 0. The highest BCUT2D eigenvalue weighted by Gasteiger charge is 2.55. The van der Waals surface area contributed by atoms with Gasteiger partial charge in [0, 0.05) is 29.2 Å². The third kappa shape index (κ3) is 3.26. The highest BCUT2D eigenvalue weighted by atomic mass is 15.2. The Morgan fingerprint density at radius 3 is 1.68 bits per heavy atom. The summed E-state index contributed by atoms with van der Waals surface area (Å²) < 4.78 is 5.16. The molecule has 40 heavy (non-hydrogen) atoms. The number of hydrogen-bond donors (Lipinski definition) is 0. The summed E-state index contributed by atoms with van der Waals surface area (Å²) in [6, 6.07) is 46.5. The predicted octanol–water partition coefficient (Wildman–Crippen LogP) is 8.49. The second-order valence-corrected chi connectivity index (χ2v) is 11.0. The second-order valence-electron chi connectivity index (χ2n) is 11.0. The van der Waals surface area contributed by atoms with Crippen molar-refractivity contribution >= 4 is 0 Å². The fraction of sp³-hybridized carbons (Fsp3) is 0.132. The second kappa shape index (κ2) is 9.20. The van der Waals surface area contributed by atoms with E-state index < -0.39 is 5.54 Å². The van der Waals surface area contributed by atoms with Crippen LogP contribution in [0.3, 0.4) is 0 Å². The van der Waals surface area contributed by atoms with Crippen molar-refractivity contribution in [3.63, 3.8) is 0 Å². The summed E-state index contributed by atoms with van der Waals surface area (Å²) in [5.74, 6) is 1.21. The molecule has 5 aromatic carbocycles. The summed E-state index contributed by atoms with van der Waals surface area (Å²) in [5, 5.41) is 0. The number of nitrogens with zero attached hydrogens (tertiary/aromatic N) is 2. The third-order valence-electron chi connectivity index (χ3n) is 8.68. The van der Waals surface area contributed by atoms with Crippen molar-refractivity contribution < 1.29 is 4.57 Å². The minimum absolute atomic E-state index is 0.544. The van der Waals surface area contributed by atoms with Gasteiger partial charge in [-0.05, 0) is 43.5 Å². The van der Waals surface area contributed by atoms with Crippen molar-refractivity contribution in [2.24, 2.45) is 0 Å². The lowest BCUT2D eigenvalue weighted by Crippen LogP contribution is -2.57. The van der Waals surface area contributed by atoms with Crippen LogP contribution in [0.2, 0.25) is 0 Å². The number of rotatable bonds is 4. The Bertz CT molecular complexity index is 1820. The van der Waals surface area contributed by atoms with Gasteiger partial charge in [0.15, 0.2) is 16.9 Å². The molecule has 194 valence electrons. The summed E-state index contributed by atoms with van der Waals surface area (Å²) in [6.45, 7) is 9.00. The van der Waals surface area contributed by atoms with Crippen molar-refractivity contribution in [2.45, 2.75) is 33.2 Å². The standard InChI is InChI=1S/C38H33N2/c1-26-16-11-14-25-34(26)39-29(4)36-32-23-12-13-24-33(32)38(30-19-7-5-8-20-30,31-21-9-6-10-22-31)40(36)37(39)35-27(2)17-15-18-28(35)3/h5-25H,1-4H3/q+1. The molecule has 0 saturated carbocycles. The number of imidazole rings is 1. The fourth-order valence-electron chi connectivity index (χ4n) is 6.99. The van der Waals surface area contributed by atoms with Gasteiger partial charge in [-0.25, -0.2) is 4.57 Å². The number of aromatic nitrogens is 2. The monoisotopic (exact) mass is 517 g/mol. The maximum Gasteiger partial charge on any atom is 0.296 e. The molecular formula is C38H33N2+. The summed E-state index contributed by atoms with van der Waals surface area (Å²) >= 11 is 0. The molecule has 1 aromatic heterocycles. The van der Waals surface area contributed by atoms with Crippen LogP contribution >= 0.6 is 0 Å². The van der Waals surface area contributed by atoms with Crippen molar-refractivity contribution in [3.8, 4) is 28.3 Å². The lowest BCUT2D eigenvalue weighted by molar-refractivity contribution is -0.707. The zero-order valence-electron chi connectivity index (χ0n) is 23.5. The van der Waals surface area contributed by atoms with Crippen molar-refractivity contribution in [3.05, 3.63) is 166 Å². The summed E-state index contributed by atoms with van der Waals surface area (Å²) in [7, 11) is 0. The molecule has 2 nitrogen and oxygen atoms in total. The first-order chi connectivity index (χ1) is 19.5. The van der Waals surface area contributed by atoms with Gasteiger partial charge < -0.3 is 0 Å². The maximum absolute atomic E-state index is 2.65. The molecule has 1 aliphatic rings. The lowest BCUT2D eigenvalue weighted by atomic mass is 9.77. The van der Waals surface area contributed by atoms with Gasteiger partial charge in [0.25, 0.3) is 5.82 Å². The van der Waals surface area contributed by atoms with Crippen molar-refractivity contribution in [1.82, 2.24) is 4.57 Å². The number of fused-ring (bicyclic) bond motifs is 3. The van der Waals surface area contributed by atoms with Crippen LogP contribution in [0.25, 0.3) is 28.3 Å². The fourth-order valence-corrected chi connectivity index (χ4v) is 6.99. The summed E-state index contributed by atoms with van der Waals surface area (Å²) in [6.07, 6.45) is 0. The Balaban J connectivity index is 1.77. The molecule has 7 rings (SSSR count). The van der Waals surface area contributed by atoms with Gasteiger partial charge >= 0.3 is 0 Å². The maximum atomic E-state index is 2.65.